The van der Waals surface area contributed by atoms with Crippen LogP contribution in [0, 0.1) is 11.3 Å². The summed E-state index contributed by atoms with van der Waals surface area (Å²) in [4.78, 5) is 29.4. The molecule has 5 aliphatic rings. The molecule has 2 atom stereocenters. The summed E-state index contributed by atoms with van der Waals surface area (Å²) in [5, 5.41) is 10.4. The number of benzene rings is 1. The number of carbonyl (C=O) groups is 1. The molecule has 3 aliphatic heterocycles. The number of nitriles is 1. The number of hydrogen-bond acceptors (Lipinski definition) is 7. The molecular weight excluding hydrogens is 560 g/mol. The van der Waals surface area contributed by atoms with Crippen molar-refractivity contribution in [3.63, 3.8) is 0 Å². The van der Waals surface area contributed by atoms with Crippen LogP contribution in [0.1, 0.15) is 67.8 Å². The quantitative estimate of drug-likeness (QED) is 0.428. The molecule has 2 aliphatic carbocycles. The first-order valence-corrected chi connectivity index (χ1v) is 16.1. The largest absolute Gasteiger partial charge is 0.461 e. The number of allylic oxidation sites excluding steroid dienone is 2. The van der Waals surface area contributed by atoms with Crippen LogP contribution in [-0.4, -0.2) is 76.6 Å². The number of nitrogens with zero attached hydrogens (tertiary/aromatic N) is 6. The first kappa shape index (κ1) is 28.4. The van der Waals surface area contributed by atoms with Crippen LogP contribution in [0.25, 0.3) is 5.57 Å². The van der Waals surface area contributed by atoms with Crippen molar-refractivity contribution in [3.8, 4) is 12.1 Å². The van der Waals surface area contributed by atoms with Crippen molar-refractivity contribution >= 4 is 28.9 Å². The lowest BCUT2D eigenvalue weighted by Crippen LogP contribution is -2.55. The summed E-state index contributed by atoms with van der Waals surface area (Å²) < 4.78 is 6.55. The molecule has 7 rings (SSSR count). The van der Waals surface area contributed by atoms with Gasteiger partial charge in [0.2, 0.25) is 5.91 Å². The second-order valence-corrected chi connectivity index (χ2v) is 13.4. The smallest absolute Gasteiger partial charge is 0.318 e. The Labute approximate surface area is 259 Å². The van der Waals surface area contributed by atoms with Gasteiger partial charge in [0.25, 0.3) is 0 Å². The van der Waals surface area contributed by atoms with Crippen LogP contribution < -0.4 is 9.64 Å². The predicted octanol–water partition coefficient (Wildman–Crippen LogP) is 5.10. The molecule has 0 N–H and O–H groups in total. The van der Waals surface area contributed by atoms with Gasteiger partial charge in [0.1, 0.15) is 12.4 Å². The number of halogens is 1. The Morgan fingerprint density at radius 2 is 2.02 bits per heavy atom. The van der Waals surface area contributed by atoms with E-state index in [4.69, 9.17) is 26.3 Å². The maximum atomic E-state index is 12.6. The maximum absolute atomic E-state index is 12.6. The van der Waals surface area contributed by atoms with E-state index in [1.165, 1.54) is 30.1 Å². The highest BCUT2D eigenvalue weighted by atomic mass is 35.5. The second kappa shape index (κ2) is 10.9. The molecule has 1 amide bonds. The number of rotatable bonds is 6. The monoisotopic (exact) mass is 598 g/mol. The van der Waals surface area contributed by atoms with Crippen molar-refractivity contribution in [1.29, 1.82) is 5.26 Å². The highest BCUT2D eigenvalue weighted by Gasteiger charge is 2.46. The third kappa shape index (κ3) is 4.72. The van der Waals surface area contributed by atoms with Gasteiger partial charge in [0.15, 0.2) is 0 Å². The van der Waals surface area contributed by atoms with E-state index in [1.807, 2.05) is 6.07 Å². The van der Waals surface area contributed by atoms with E-state index in [-0.39, 0.29) is 29.3 Å². The van der Waals surface area contributed by atoms with Crippen LogP contribution in [0.3, 0.4) is 0 Å². The average Bonchev–Trinajstić information content (AvgIpc) is 3.67. The number of aromatic nitrogens is 2. The summed E-state index contributed by atoms with van der Waals surface area (Å²) in [5.41, 5.74) is 5.77. The van der Waals surface area contributed by atoms with E-state index in [2.05, 4.69) is 47.6 Å². The molecule has 1 aromatic carbocycles. The van der Waals surface area contributed by atoms with Gasteiger partial charge in [0, 0.05) is 42.1 Å². The summed E-state index contributed by atoms with van der Waals surface area (Å²) in [6.45, 7) is 10.4. The van der Waals surface area contributed by atoms with E-state index in [0.29, 0.717) is 32.3 Å². The Kier molecular flexibility index (Phi) is 7.22. The number of fused-ring (bicyclic) bond motifs is 4. The molecule has 224 valence electrons. The number of ether oxygens (including phenoxy) is 1. The van der Waals surface area contributed by atoms with Crippen LogP contribution in [0.15, 0.2) is 36.9 Å². The summed E-state index contributed by atoms with van der Waals surface area (Å²) in [6, 6.07) is 8.73. The molecule has 0 saturated carbocycles. The predicted molar refractivity (Wildman–Crippen MR) is 167 cm³/mol. The maximum Gasteiger partial charge on any atom is 0.318 e. The number of piperazine rings is 1. The zero-order chi connectivity index (χ0) is 29.8. The Hall–Kier alpha value is -3.41. The molecule has 0 radical (unpaired) electrons. The van der Waals surface area contributed by atoms with Crippen molar-refractivity contribution < 1.29 is 9.53 Å². The Bertz CT molecular complexity index is 1540. The molecule has 3 fully saturated rings. The molecule has 2 aromatic rings. The SMILES string of the molecule is C=CC(=O)N1CCN(c2nc(OCC34CCCN3CCC4)nc3c2CCC2(C=C(C)c4c(Cl)cccc42)C3)C[C@@H]1CC#N. The molecular formula is C34H39ClN6O2. The van der Waals surface area contributed by atoms with Gasteiger partial charge in [-0.15, -0.1) is 0 Å². The second-order valence-electron chi connectivity index (χ2n) is 13.0. The van der Waals surface area contributed by atoms with Gasteiger partial charge >= 0.3 is 6.01 Å². The highest BCUT2D eigenvalue weighted by Crippen LogP contribution is 2.51. The fourth-order valence-corrected chi connectivity index (χ4v) is 8.93. The molecule has 0 bridgehead atoms. The molecule has 1 spiro atoms. The minimum Gasteiger partial charge on any atom is -0.461 e. The van der Waals surface area contributed by atoms with Gasteiger partial charge in [0.05, 0.1) is 29.8 Å². The van der Waals surface area contributed by atoms with E-state index < -0.39 is 0 Å². The molecule has 3 saturated heterocycles. The van der Waals surface area contributed by atoms with Gasteiger partial charge in [-0.05, 0) is 87.4 Å². The van der Waals surface area contributed by atoms with Crippen LogP contribution in [0.5, 0.6) is 6.01 Å². The normalized spacial score (nSPS) is 25.6. The summed E-state index contributed by atoms with van der Waals surface area (Å²) in [6.07, 6.45) is 11.3. The van der Waals surface area contributed by atoms with E-state index in [1.54, 1.807) is 4.90 Å². The first-order valence-electron chi connectivity index (χ1n) is 15.7. The molecule has 43 heavy (non-hydrogen) atoms. The van der Waals surface area contributed by atoms with E-state index in [9.17, 15) is 10.1 Å². The lowest BCUT2D eigenvalue weighted by atomic mass is 9.70. The summed E-state index contributed by atoms with van der Waals surface area (Å²) in [7, 11) is 0. The summed E-state index contributed by atoms with van der Waals surface area (Å²) >= 11 is 6.70. The standard InChI is InChI=1S/C34H39ClN6O2/c1-3-29(42)41-18-17-39(21-24(41)10-14-36)31-25-9-13-33(19-23(2)30-26(33)7-4-8-27(30)35)20-28(25)37-32(38-31)43-22-34-11-5-15-40(34)16-6-12-34/h3-4,7-8,19,24H,1,5-6,9-13,15-18,20-22H2,2H3/t24-,33?/m0/s1. The number of amides is 1. The number of carbonyl (C=O) groups excluding carboxylic acids is 1. The van der Waals surface area contributed by atoms with Crippen molar-refractivity contribution in [3.05, 3.63) is 64.3 Å². The third-order valence-corrected chi connectivity index (χ3v) is 11.0. The lowest BCUT2D eigenvalue weighted by molar-refractivity contribution is -0.128. The van der Waals surface area contributed by atoms with Crippen molar-refractivity contribution in [2.75, 3.05) is 44.2 Å². The van der Waals surface area contributed by atoms with Gasteiger partial charge < -0.3 is 14.5 Å². The van der Waals surface area contributed by atoms with Crippen LogP contribution >= 0.6 is 11.6 Å². The fraction of sp³-hybridized carbons (Fsp3) is 0.529. The Balaban J connectivity index is 1.25. The van der Waals surface area contributed by atoms with Gasteiger partial charge in [-0.3, -0.25) is 9.69 Å². The average molecular weight is 599 g/mol. The van der Waals surface area contributed by atoms with E-state index >= 15 is 0 Å². The fourth-order valence-electron chi connectivity index (χ4n) is 8.61. The zero-order valence-electron chi connectivity index (χ0n) is 24.9. The third-order valence-electron chi connectivity index (χ3n) is 10.6. The van der Waals surface area contributed by atoms with Crippen molar-refractivity contribution in [2.45, 2.75) is 75.3 Å². The lowest BCUT2D eigenvalue weighted by Gasteiger charge is -2.42. The minimum atomic E-state index is -0.229. The van der Waals surface area contributed by atoms with Crippen LogP contribution in [0.4, 0.5) is 5.82 Å². The van der Waals surface area contributed by atoms with Crippen LogP contribution in [-0.2, 0) is 23.1 Å². The zero-order valence-corrected chi connectivity index (χ0v) is 25.7. The van der Waals surface area contributed by atoms with Crippen molar-refractivity contribution in [2.24, 2.45) is 0 Å². The Morgan fingerprint density at radius 1 is 1.21 bits per heavy atom. The molecule has 1 unspecified atom stereocenters. The first-order chi connectivity index (χ1) is 20.9. The van der Waals surface area contributed by atoms with Gasteiger partial charge in [-0.2, -0.15) is 15.2 Å². The van der Waals surface area contributed by atoms with E-state index in [0.717, 1.165) is 72.9 Å². The highest BCUT2D eigenvalue weighted by molar-refractivity contribution is 6.32. The van der Waals surface area contributed by atoms with Gasteiger partial charge in [-0.1, -0.05) is 36.4 Å². The van der Waals surface area contributed by atoms with Gasteiger partial charge in [-0.25, -0.2) is 0 Å². The molecule has 8 nitrogen and oxygen atoms in total. The number of anilines is 1. The number of hydrogen-bond donors (Lipinski definition) is 0. The molecule has 4 heterocycles. The minimum absolute atomic E-state index is 0.0935. The van der Waals surface area contributed by atoms with Crippen molar-refractivity contribution in [1.82, 2.24) is 19.8 Å². The Morgan fingerprint density at radius 3 is 2.79 bits per heavy atom. The summed E-state index contributed by atoms with van der Waals surface area (Å²) in [5.74, 6) is 0.758. The molecule has 9 heteroatoms. The molecule has 1 aromatic heterocycles. The topological polar surface area (TPSA) is 85.6 Å². The van der Waals surface area contributed by atoms with Crippen LogP contribution in [0.2, 0.25) is 5.02 Å².